The monoisotopic (exact) mass is 487 g/mol. The number of piperidine rings is 1. The highest BCUT2D eigenvalue weighted by molar-refractivity contribution is 7.10. The van der Waals surface area contributed by atoms with Crippen LogP contribution in [0.25, 0.3) is 0 Å². The summed E-state index contributed by atoms with van der Waals surface area (Å²) in [6.07, 6.45) is 3.25. The molecule has 9 nitrogen and oxygen atoms in total. The summed E-state index contributed by atoms with van der Waals surface area (Å²) in [5.41, 5.74) is 0.412. The van der Waals surface area contributed by atoms with Crippen molar-refractivity contribution in [3.63, 3.8) is 0 Å². The maximum Gasteiger partial charge on any atom is 0.374 e. The fourth-order valence-electron chi connectivity index (χ4n) is 5.01. The first-order chi connectivity index (χ1) is 16.0. The first-order valence-electron chi connectivity index (χ1n) is 11.7. The van der Waals surface area contributed by atoms with Crippen molar-refractivity contribution in [3.05, 3.63) is 28.1 Å². The van der Waals surface area contributed by atoms with E-state index in [4.69, 9.17) is 4.74 Å². The van der Waals surface area contributed by atoms with Crippen LogP contribution in [0.5, 0.6) is 0 Å². The van der Waals surface area contributed by atoms with Crippen LogP contribution in [0.2, 0.25) is 0 Å². The molecule has 1 aliphatic carbocycles. The van der Waals surface area contributed by atoms with Gasteiger partial charge in [0, 0.05) is 43.5 Å². The highest BCUT2D eigenvalue weighted by Gasteiger charge is 2.68. The van der Waals surface area contributed by atoms with E-state index in [1.54, 1.807) is 25.5 Å². The van der Waals surface area contributed by atoms with Crippen molar-refractivity contribution in [2.45, 2.75) is 53.4 Å². The van der Waals surface area contributed by atoms with E-state index in [0.29, 0.717) is 5.69 Å². The van der Waals surface area contributed by atoms with E-state index < -0.39 is 5.97 Å². The summed E-state index contributed by atoms with van der Waals surface area (Å²) in [5, 5.41) is 5.36. The molecule has 0 spiro atoms. The summed E-state index contributed by atoms with van der Waals surface area (Å²) in [5.74, 6) is 0.0640. The van der Waals surface area contributed by atoms with Crippen LogP contribution in [0.3, 0.4) is 0 Å². The van der Waals surface area contributed by atoms with Gasteiger partial charge in [0.05, 0.1) is 11.6 Å². The molecule has 0 radical (unpaired) electrons. The highest BCUT2D eigenvalue weighted by Crippen LogP contribution is 2.68. The van der Waals surface area contributed by atoms with Gasteiger partial charge in [-0.3, -0.25) is 9.59 Å². The van der Waals surface area contributed by atoms with Gasteiger partial charge in [-0.2, -0.15) is 0 Å². The Hall–Kier alpha value is -2.75. The van der Waals surface area contributed by atoms with Crippen LogP contribution < -0.4 is 5.32 Å². The van der Waals surface area contributed by atoms with E-state index in [0.717, 1.165) is 30.9 Å². The number of carbonyl (C=O) groups is 3. The maximum atomic E-state index is 13.0. The van der Waals surface area contributed by atoms with Gasteiger partial charge in [0.2, 0.25) is 11.7 Å². The fraction of sp³-hybridized carbons (Fsp3) is 0.625. The largest absolute Gasteiger partial charge is 0.460 e. The summed E-state index contributed by atoms with van der Waals surface area (Å²) < 4.78 is 6.48. The van der Waals surface area contributed by atoms with Crippen LogP contribution in [0, 0.1) is 16.7 Å². The van der Waals surface area contributed by atoms with Crippen LogP contribution in [-0.4, -0.2) is 56.9 Å². The molecule has 4 rings (SSSR count). The first-order valence-corrected chi connectivity index (χ1v) is 12.6. The summed E-state index contributed by atoms with van der Waals surface area (Å²) >= 11 is 1.47. The molecule has 2 amide bonds. The van der Waals surface area contributed by atoms with Gasteiger partial charge in [0.25, 0.3) is 5.91 Å². The number of nitrogens with zero attached hydrogens (tertiary/aromatic N) is 4. The number of amides is 2. The number of thiazole rings is 1. The van der Waals surface area contributed by atoms with Gasteiger partial charge in [-0.1, -0.05) is 27.7 Å². The zero-order valence-corrected chi connectivity index (χ0v) is 21.5. The SMILES string of the molecule is CCOC(=O)c1nc(NC(=O)c2csc(C3CCN(C(=O)C4C(C)(C)C4(C)C)CC3)n2)cn1C. The molecule has 0 aromatic carbocycles. The average molecular weight is 488 g/mol. The number of esters is 1. The lowest BCUT2D eigenvalue weighted by atomic mass is 9.96. The van der Waals surface area contributed by atoms with Crippen molar-refractivity contribution >= 4 is 34.9 Å². The Balaban J connectivity index is 1.34. The number of imidazole rings is 1. The Morgan fingerprint density at radius 1 is 1.15 bits per heavy atom. The molecule has 1 saturated carbocycles. The maximum absolute atomic E-state index is 13.0. The third kappa shape index (κ3) is 4.23. The Morgan fingerprint density at radius 3 is 2.38 bits per heavy atom. The Kier molecular flexibility index (Phi) is 6.30. The molecule has 1 aliphatic heterocycles. The van der Waals surface area contributed by atoms with Gasteiger partial charge in [-0.15, -0.1) is 11.3 Å². The third-order valence-corrected chi connectivity index (χ3v) is 8.76. The van der Waals surface area contributed by atoms with Crippen LogP contribution in [0.4, 0.5) is 5.82 Å². The summed E-state index contributed by atoms with van der Waals surface area (Å²) in [7, 11) is 1.66. The van der Waals surface area contributed by atoms with Gasteiger partial charge in [0.15, 0.2) is 5.82 Å². The topological polar surface area (TPSA) is 106 Å². The summed E-state index contributed by atoms with van der Waals surface area (Å²) in [6.45, 7) is 12.1. The van der Waals surface area contributed by atoms with Crippen molar-refractivity contribution in [2.24, 2.45) is 23.8 Å². The number of nitrogens with one attached hydrogen (secondary N) is 1. The second-order valence-electron chi connectivity index (χ2n) is 10.3. The number of likely N-dealkylation sites (tertiary alicyclic amines) is 1. The van der Waals surface area contributed by atoms with Crippen molar-refractivity contribution in [3.8, 4) is 0 Å². The van der Waals surface area contributed by atoms with E-state index in [1.807, 2.05) is 4.90 Å². The number of ether oxygens (including phenoxy) is 1. The molecule has 2 aromatic rings. The second kappa shape index (κ2) is 8.79. The third-order valence-electron chi connectivity index (χ3n) is 7.75. The van der Waals surface area contributed by atoms with E-state index in [1.165, 1.54) is 15.9 Å². The normalized spacial score (nSPS) is 19.6. The minimum Gasteiger partial charge on any atom is -0.460 e. The molecule has 184 valence electrons. The predicted molar refractivity (Wildman–Crippen MR) is 129 cm³/mol. The zero-order chi connectivity index (χ0) is 24.8. The first kappa shape index (κ1) is 24.4. The highest BCUT2D eigenvalue weighted by atomic mass is 32.1. The molecule has 34 heavy (non-hydrogen) atoms. The predicted octanol–water partition coefficient (Wildman–Crippen LogP) is 3.69. The van der Waals surface area contributed by atoms with Crippen LogP contribution in [-0.2, 0) is 16.6 Å². The molecule has 0 atom stereocenters. The zero-order valence-electron chi connectivity index (χ0n) is 20.7. The lowest BCUT2D eigenvalue weighted by Crippen LogP contribution is -2.39. The van der Waals surface area contributed by atoms with E-state index >= 15 is 0 Å². The molecular weight excluding hydrogens is 454 g/mol. The molecule has 10 heteroatoms. The lowest BCUT2D eigenvalue weighted by molar-refractivity contribution is -0.134. The van der Waals surface area contributed by atoms with Gasteiger partial charge < -0.3 is 19.5 Å². The van der Waals surface area contributed by atoms with Crippen molar-refractivity contribution in [2.75, 3.05) is 25.0 Å². The van der Waals surface area contributed by atoms with Gasteiger partial charge in [-0.05, 0) is 30.6 Å². The van der Waals surface area contributed by atoms with Gasteiger partial charge in [0.1, 0.15) is 5.69 Å². The van der Waals surface area contributed by atoms with E-state index in [-0.39, 0.29) is 52.7 Å². The van der Waals surface area contributed by atoms with Gasteiger partial charge in [-0.25, -0.2) is 14.8 Å². The Morgan fingerprint density at radius 2 is 1.79 bits per heavy atom. The fourth-order valence-corrected chi connectivity index (χ4v) is 5.99. The number of anilines is 1. The summed E-state index contributed by atoms with van der Waals surface area (Å²) in [4.78, 5) is 48.4. The molecule has 1 N–H and O–H groups in total. The van der Waals surface area contributed by atoms with Crippen molar-refractivity contribution in [1.82, 2.24) is 19.4 Å². The molecule has 3 heterocycles. The molecule has 0 bridgehead atoms. The van der Waals surface area contributed by atoms with E-state index in [9.17, 15) is 14.4 Å². The molecule has 0 unspecified atom stereocenters. The van der Waals surface area contributed by atoms with Crippen molar-refractivity contribution in [1.29, 1.82) is 0 Å². The van der Waals surface area contributed by atoms with Crippen LogP contribution in [0.15, 0.2) is 11.6 Å². The molecule has 2 aromatic heterocycles. The number of carbonyl (C=O) groups excluding carboxylic acids is 3. The van der Waals surface area contributed by atoms with Crippen LogP contribution >= 0.6 is 11.3 Å². The number of aromatic nitrogens is 3. The number of hydrogen-bond acceptors (Lipinski definition) is 7. The number of aryl methyl sites for hydroxylation is 1. The standard InChI is InChI=1S/C24H33N5O4S/c1-7-33-22(32)18-26-16(12-28(18)6)27-19(30)15-13-34-20(25-15)14-8-10-29(11-9-14)21(31)17-23(2,3)24(17,4)5/h12-14,17H,7-11H2,1-6H3,(H,27,30). The van der Waals surface area contributed by atoms with E-state index in [2.05, 4.69) is 43.0 Å². The minimum atomic E-state index is -0.542. The average Bonchev–Trinajstić information content (AvgIpc) is 3.22. The Bertz CT molecular complexity index is 1100. The molecular formula is C24H33N5O4S. The molecule has 2 fully saturated rings. The lowest BCUT2D eigenvalue weighted by Gasteiger charge is -2.31. The number of hydrogen-bond donors (Lipinski definition) is 1. The summed E-state index contributed by atoms with van der Waals surface area (Å²) in [6, 6.07) is 0. The van der Waals surface area contributed by atoms with Crippen molar-refractivity contribution < 1.29 is 19.1 Å². The number of rotatable bonds is 6. The quantitative estimate of drug-likeness (QED) is 0.623. The minimum absolute atomic E-state index is 0.0448. The second-order valence-corrected chi connectivity index (χ2v) is 11.2. The molecule has 1 saturated heterocycles. The van der Waals surface area contributed by atoms with Crippen LogP contribution in [0.1, 0.15) is 79.5 Å². The Labute approximate surface area is 203 Å². The smallest absolute Gasteiger partial charge is 0.374 e. The van der Waals surface area contributed by atoms with Gasteiger partial charge >= 0.3 is 5.97 Å². The molecule has 2 aliphatic rings.